The molecule has 0 unspecified atom stereocenters. The molecule has 1 aromatic heterocycles. The smallest absolute Gasteiger partial charge is 0.238 e. The molecule has 1 fully saturated rings. The Hall–Kier alpha value is -1.70. The molecule has 0 bridgehead atoms. The highest BCUT2D eigenvalue weighted by atomic mass is 79.9. The summed E-state index contributed by atoms with van der Waals surface area (Å²) in [7, 11) is 0. The van der Waals surface area contributed by atoms with E-state index in [4.69, 9.17) is 0 Å². The van der Waals surface area contributed by atoms with E-state index in [2.05, 4.69) is 40.6 Å². The Bertz CT molecular complexity index is 692. The Morgan fingerprint density at radius 1 is 1.12 bits per heavy atom. The Balaban J connectivity index is 1.38. The SMILES string of the molecule is Cc1nccn1CCN1CCN(CC(=O)Nc2ccc(Br)cc2)CC1. The first-order valence-corrected chi connectivity index (χ1v) is 9.37. The third-order valence-corrected chi connectivity index (χ3v) is 5.07. The highest BCUT2D eigenvalue weighted by Gasteiger charge is 2.18. The monoisotopic (exact) mass is 405 g/mol. The molecule has 0 atom stereocenters. The Kier molecular flexibility index (Phi) is 6.23. The number of nitrogens with zero attached hydrogens (tertiary/aromatic N) is 4. The largest absolute Gasteiger partial charge is 0.334 e. The van der Waals surface area contributed by atoms with E-state index in [0.29, 0.717) is 6.54 Å². The highest BCUT2D eigenvalue weighted by molar-refractivity contribution is 9.10. The first kappa shape index (κ1) is 18.1. The molecule has 0 aliphatic carbocycles. The van der Waals surface area contributed by atoms with Crippen molar-refractivity contribution in [2.24, 2.45) is 0 Å². The number of amides is 1. The van der Waals surface area contributed by atoms with Crippen LogP contribution in [-0.2, 0) is 11.3 Å². The van der Waals surface area contributed by atoms with Gasteiger partial charge in [-0.25, -0.2) is 4.98 Å². The van der Waals surface area contributed by atoms with E-state index in [1.165, 1.54) is 0 Å². The molecule has 0 radical (unpaired) electrons. The quantitative estimate of drug-likeness (QED) is 0.800. The zero-order valence-electron chi connectivity index (χ0n) is 14.5. The van der Waals surface area contributed by atoms with Gasteiger partial charge < -0.3 is 9.88 Å². The zero-order chi connectivity index (χ0) is 17.6. The van der Waals surface area contributed by atoms with Crippen LogP contribution in [0.1, 0.15) is 5.82 Å². The molecule has 3 rings (SSSR count). The van der Waals surface area contributed by atoms with Gasteiger partial charge in [0.25, 0.3) is 0 Å². The van der Waals surface area contributed by atoms with Gasteiger partial charge in [-0.15, -0.1) is 0 Å². The van der Waals surface area contributed by atoms with E-state index in [9.17, 15) is 4.79 Å². The molecule has 2 aromatic rings. The summed E-state index contributed by atoms with van der Waals surface area (Å²) >= 11 is 3.40. The van der Waals surface area contributed by atoms with Crippen LogP contribution in [0.3, 0.4) is 0 Å². The van der Waals surface area contributed by atoms with Crippen molar-refractivity contribution < 1.29 is 4.79 Å². The number of imidazole rings is 1. The second-order valence-corrected chi connectivity index (χ2v) is 7.26. The number of hydrogen-bond donors (Lipinski definition) is 1. The molecule has 1 aliphatic rings. The van der Waals surface area contributed by atoms with Crippen LogP contribution in [0.4, 0.5) is 5.69 Å². The van der Waals surface area contributed by atoms with E-state index in [1.54, 1.807) is 0 Å². The summed E-state index contributed by atoms with van der Waals surface area (Å²) < 4.78 is 3.19. The number of carbonyl (C=O) groups excluding carboxylic acids is 1. The summed E-state index contributed by atoms with van der Waals surface area (Å²) in [5.41, 5.74) is 0.836. The van der Waals surface area contributed by atoms with Crippen LogP contribution in [0.15, 0.2) is 41.1 Å². The van der Waals surface area contributed by atoms with E-state index in [0.717, 1.165) is 55.3 Å². The predicted molar refractivity (Wildman–Crippen MR) is 103 cm³/mol. The first-order valence-electron chi connectivity index (χ1n) is 8.58. The van der Waals surface area contributed by atoms with Crippen LogP contribution in [0.25, 0.3) is 0 Å². The molecule has 2 heterocycles. The van der Waals surface area contributed by atoms with Crippen LogP contribution >= 0.6 is 15.9 Å². The fourth-order valence-corrected chi connectivity index (χ4v) is 3.26. The molecule has 6 nitrogen and oxygen atoms in total. The summed E-state index contributed by atoms with van der Waals surface area (Å²) in [5.74, 6) is 1.10. The standard InChI is InChI=1S/C18H24BrN5O/c1-15-20-6-7-24(15)13-12-22-8-10-23(11-9-22)14-18(25)21-17-4-2-16(19)3-5-17/h2-7H,8-14H2,1H3,(H,21,25). The zero-order valence-corrected chi connectivity index (χ0v) is 16.1. The minimum absolute atomic E-state index is 0.0461. The molecule has 1 amide bonds. The number of benzene rings is 1. The number of hydrogen-bond acceptors (Lipinski definition) is 4. The second kappa shape index (κ2) is 8.60. The number of nitrogens with one attached hydrogen (secondary N) is 1. The van der Waals surface area contributed by atoms with Crippen molar-refractivity contribution in [3.8, 4) is 0 Å². The normalized spacial score (nSPS) is 16.1. The van der Waals surface area contributed by atoms with Crippen molar-refractivity contribution in [1.29, 1.82) is 0 Å². The second-order valence-electron chi connectivity index (χ2n) is 6.34. The number of carbonyl (C=O) groups is 1. The van der Waals surface area contributed by atoms with E-state index >= 15 is 0 Å². The molecule has 1 saturated heterocycles. The maximum Gasteiger partial charge on any atom is 0.238 e. The number of aryl methyl sites for hydroxylation is 1. The van der Waals surface area contributed by atoms with Gasteiger partial charge in [0.2, 0.25) is 5.91 Å². The number of rotatable bonds is 6. The number of anilines is 1. The van der Waals surface area contributed by atoms with Crippen LogP contribution in [0.2, 0.25) is 0 Å². The number of aromatic nitrogens is 2. The fraction of sp³-hybridized carbons (Fsp3) is 0.444. The predicted octanol–water partition coefficient (Wildman–Crippen LogP) is 2.21. The van der Waals surface area contributed by atoms with Gasteiger partial charge in [0.15, 0.2) is 0 Å². The highest BCUT2D eigenvalue weighted by Crippen LogP contribution is 2.14. The van der Waals surface area contributed by atoms with Crippen molar-refractivity contribution in [1.82, 2.24) is 19.4 Å². The molecule has 134 valence electrons. The lowest BCUT2D eigenvalue weighted by Gasteiger charge is -2.34. The van der Waals surface area contributed by atoms with E-state index in [-0.39, 0.29) is 5.91 Å². The van der Waals surface area contributed by atoms with Crippen molar-refractivity contribution in [3.05, 3.63) is 47.0 Å². The Labute approximate surface area is 157 Å². The van der Waals surface area contributed by atoms with Crippen molar-refractivity contribution in [3.63, 3.8) is 0 Å². The van der Waals surface area contributed by atoms with Crippen LogP contribution in [0.5, 0.6) is 0 Å². The van der Waals surface area contributed by atoms with Gasteiger partial charge in [-0.1, -0.05) is 15.9 Å². The van der Waals surface area contributed by atoms with Gasteiger partial charge in [0.1, 0.15) is 5.82 Å². The van der Waals surface area contributed by atoms with Crippen molar-refractivity contribution >= 4 is 27.5 Å². The van der Waals surface area contributed by atoms with E-state index < -0.39 is 0 Å². The molecular weight excluding hydrogens is 382 g/mol. The maximum atomic E-state index is 12.2. The van der Waals surface area contributed by atoms with Crippen LogP contribution in [-0.4, -0.2) is 64.5 Å². The molecule has 7 heteroatoms. The van der Waals surface area contributed by atoms with Gasteiger partial charge in [-0.2, -0.15) is 0 Å². The lowest BCUT2D eigenvalue weighted by Crippen LogP contribution is -2.49. The minimum Gasteiger partial charge on any atom is -0.334 e. The van der Waals surface area contributed by atoms with Crippen LogP contribution in [0, 0.1) is 6.92 Å². The average molecular weight is 406 g/mol. The summed E-state index contributed by atoms with van der Waals surface area (Å²) in [4.78, 5) is 21.1. The molecule has 25 heavy (non-hydrogen) atoms. The topological polar surface area (TPSA) is 53.4 Å². The van der Waals surface area contributed by atoms with Crippen LogP contribution < -0.4 is 5.32 Å². The molecule has 0 saturated carbocycles. The Morgan fingerprint density at radius 3 is 2.44 bits per heavy atom. The average Bonchev–Trinajstić information content (AvgIpc) is 3.01. The Morgan fingerprint density at radius 2 is 1.80 bits per heavy atom. The molecule has 1 aliphatic heterocycles. The lowest BCUT2D eigenvalue weighted by atomic mass is 10.3. The number of halogens is 1. The summed E-state index contributed by atoms with van der Waals surface area (Å²) in [5, 5.41) is 2.95. The van der Waals surface area contributed by atoms with Gasteiger partial charge >= 0.3 is 0 Å². The van der Waals surface area contributed by atoms with Gasteiger partial charge in [0.05, 0.1) is 6.54 Å². The lowest BCUT2D eigenvalue weighted by molar-refractivity contribution is -0.117. The number of piperazine rings is 1. The van der Waals surface area contributed by atoms with Gasteiger partial charge in [-0.05, 0) is 31.2 Å². The molecule has 1 aromatic carbocycles. The molecule has 0 spiro atoms. The summed E-state index contributed by atoms with van der Waals surface area (Å²) in [6, 6.07) is 7.66. The third kappa shape index (κ3) is 5.39. The van der Waals surface area contributed by atoms with Crippen molar-refractivity contribution in [2.75, 3.05) is 44.6 Å². The summed E-state index contributed by atoms with van der Waals surface area (Å²) in [6.45, 7) is 8.32. The third-order valence-electron chi connectivity index (χ3n) is 4.54. The fourth-order valence-electron chi connectivity index (χ4n) is 3.00. The maximum absolute atomic E-state index is 12.2. The molecule has 1 N–H and O–H groups in total. The minimum atomic E-state index is 0.0461. The molecular formula is C18H24BrN5O. The van der Waals surface area contributed by atoms with Crippen molar-refractivity contribution in [2.45, 2.75) is 13.5 Å². The van der Waals surface area contributed by atoms with Gasteiger partial charge in [-0.3, -0.25) is 14.6 Å². The summed E-state index contributed by atoms with van der Waals surface area (Å²) in [6.07, 6.45) is 3.87. The first-order chi connectivity index (χ1) is 12.1. The van der Waals surface area contributed by atoms with E-state index in [1.807, 2.05) is 43.6 Å². The van der Waals surface area contributed by atoms with Gasteiger partial charge in [0, 0.05) is 61.8 Å².